The van der Waals surface area contributed by atoms with E-state index in [1.165, 1.54) is 0 Å². The summed E-state index contributed by atoms with van der Waals surface area (Å²) in [4.78, 5) is 12.7. The summed E-state index contributed by atoms with van der Waals surface area (Å²) in [6.07, 6.45) is 1.78. The number of rotatable bonds is 7. The van der Waals surface area contributed by atoms with Gasteiger partial charge in [0.05, 0.1) is 11.0 Å². The minimum atomic E-state index is -0.268. The van der Waals surface area contributed by atoms with Crippen molar-refractivity contribution in [1.82, 2.24) is 9.78 Å². The second kappa shape index (κ2) is 10.6. The summed E-state index contributed by atoms with van der Waals surface area (Å²) < 4.78 is 8.08. The first kappa shape index (κ1) is 23.6. The molecule has 9 heteroatoms. The lowest BCUT2D eigenvalue weighted by atomic mass is 10.1. The van der Waals surface area contributed by atoms with Crippen molar-refractivity contribution in [2.24, 2.45) is 0 Å². The molecule has 0 unspecified atom stereocenters. The number of aromatic nitrogens is 2. The van der Waals surface area contributed by atoms with Crippen molar-refractivity contribution in [1.29, 1.82) is 0 Å². The number of ether oxygens (including phenoxy) is 1. The molecule has 4 rings (SSSR count). The molecule has 4 aromatic rings. The van der Waals surface area contributed by atoms with Gasteiger partial charge in [0.1, 0.15) is 12.4 Å². The number of anilines is 1. The lowest BCUT2D eigenvalue weighted by Gasteiger charge is -2.08. The number of nitrogens with zero attached hydrogens (tertiary/aromatic N) is 2. The fourth-order valence-electron chi connectivity index (χ4n) is 3.02. The molecule has 1 N–H and O–H groups in total. The fourth-order valence-corrected chi connectivity index (χ4v) is 4.03. The Balaban J connectivity index is 1.37. The molecule has 0 atom stereocenters. The highest BCUT2D eigenvalue weighted by Crippen LogP contribution is 2.25. The van der Waals surface area contributed by atoms with Gasteiger partial charge in [-0.25, -0.2) is 0 Å². The predicted octanol–water partition coefficient (Wildman–Crippen LogP) is 7.49. The van der Waals surface area contributed by atoms with Gasteiger partial charge in [-0.05, 0) is 75.6 Å². The molecule has 0 spiro atoms. The monoisotopic (exact) mass is 563 g/mol. The molecule has 0 radical (unpaired) electrons. The molecule has 0 aliphatic heterocycles. The highest BCUT2D eigenvalue weighted by molar-refractivity contribution is 9.10. The van der Waals surface area contributed by atoms with E-state index in [1.54, 1.807) is 47.3 Å². The van der Waals surface area contributed by atoms with E-state index in [2.05, 4.69) is 26.3 Å². The normalized spacial score (nSPS) is 10.8. The van der Waals surface area contributed by atoms with Crippen LogP contribution in [0.5, 0.6) is 5.75 Å². The second-order valence-corrected chi connectivity index (χ2v) is 9.29. The van der Waals surface area contributed by atoms with Crippen LogP contribution in [0.3, 0.4) is 0 Å². The molecule has 0 bridgehead atoms. The largest absolute Gasteiger partial charge is 0.489 e. The molecule has 168 valence electrons. The third-order valence-corrected chi connectivity index (χ3v) is 6.15. The number of amides is 1. The Bertz CT molecular complexity index is 1280. The minimum absolute atomic E-state index is 0.268. The summed E-state index contributed by atoms with van der Waals surface area (Å²) in [5.41, 5.74) is 2.31. The number of halogens is 4. The highest BCUT2D eigenvalue weighted by Gasteiger charge is 2.13. The molecule has 1 aromatic heterocycles. The summed E-state index contributed by atoms with van der Waals surface area (Å²) in [6.45, 7) is 0.819. The van der Waals surface area contributed by atoms with Gasteiger partial charge in [-0.2, -0.15) is 5.10 Å². The summed E-state index contributed by atoms with van der Waals surface area (Å²) in [6, 6.07) is 19.6. The van der Waals surface area contributed by atoms with Crippen molar-refractivity contribution in [3.8, 4) is 5.75 Å². The Labute approximate surface area is 214 Å². The van der Waals surface area contributed by atoms with E-state index >= 15 is 0 Å². The lowest BCUT2D eigenvalue weighted by Crippen LogP contribution is -2.13. The van der Waals surface area contributed by atoms with Crippen molar-refractivity contribution in [3.05, 3.63) is 109 Å². The number of carbonyl (C=O) groups excluding carboxylic acids is 1. The number of hydrogen-bond donors (Lipinski definition) is 1. The van der Waals surface area contributed by atoms with Gasteiger partial charge < -0.3 is 10.1 Å². The molecule has 33 heavy (non-hydrogen) atoms. The topological polar surface area (TPSA) is 56.2 Å². The third kappa shape index (κ3) is 6.30. The molecule has 0 aliphatic carbocycles. The van der Waals surface area contributed by atoms with E-state index in [-0.39, 0.29) is 5.91 Å². The smallest absolute Gasteiger partial charge is 0.256 e. The van der Waals surface area contributed by atoms with E-state index in [0.717, 1.165) is 16.9 Å². The Morgan fingerprint density at radius 2 is 1.67 bits per heavy atom. The van der Waals surface area contributed by atoms with E-state index in [9.17, 15) is 4.79 Å². The molecule has 0 fully saturated rings. The first-order valence-corrected chi connectivity index (χ1v) is 11.8. The zero-order chi connectivity index (χ0) is 23.4. The van der Waals surface area contributed by atoms with Crippen LogP contribution < -0.4 is 10.1 Å². The maximum absolute atomic E-state index is 12.7. The van der Waals surface area contributed by atoms with Gasteiger partial charge in [-0.15, -0.1) is 0 Å². The van der Waals surface area contributed by atoms with Crippen molar-refractivity contribution in [2.75, 3.05) is 5.32 Å². The fraction of sp³-hybridized carbons (Fsp3) is 0.0833. The van der Waals surface area contributed by atoms with Gasteiger partial charge in [0.25, 0.3) is 5.91 Å². The van der Waals surface area contributed by atoms with Gasteiger partial charge in [-0.1, -0.05) is 53.0 Å². The summed E-state index contributed by atoms with van der Waals surface area (Å²) in [7, 11) is 0. The first-order chi connectivity index (χ1) is 15.9. The number of benzene rings is 3. The van der Waals surface area contributed by atoms with Crippen LogP contribution in [0.1, 0.15) is 21.5 Å². The highest BCUT2D eigenvalue weighted by atomic mass is 79.9. The van der Waals surface area contributed by atoms with Crippen LogP contribution in [0, 0.1) is 0 Å². The van der Waals surface area contributed by atoms with Crippen LogP contribution in [-0.4, -0.2) is 15.7 Å². The van der Waals surface area contributed by atoms with Crippen LogP contribution in [0.4, 0.5) is 5.82 Å². The molecular weight excluding hydrogens is 549 g/mol. The van der Waals surface area contributed by atoms with Crippen molar-refractivity contribution in [2.45, 2.75) is 13.2 Å². The predicted molar refractivity (Wildman–Crippen MR) is 136 cm³/mol. The average Bonchev–Trinajstić information content (AvgIpc) is 3.14. The van der Waals surface area contributed by atoms with E-state index in [1.807, 2.05) is 30.3 Å². The minimum Gasteiger partial charge on any atom is -0.489 e. The van der Waals surface area contributed by atoms with E-state index < -0.39 is 0 Å². The summed E-state index contributed by atoms with van der Waals surface area (Å²) in [5, 5.41) is 9.04. The van der Waals surface area contributed by atoms with Crippen molar-refractivity contribution < 1.29 is 9.53 Å². The molecule has 0 aliphatic rings. The van der Waals surface area contributed by atoms with Gasteiger partial charge >= 0.3 is 0 Å². The van der Waals surface area contributed by atoms with Gasteiger partial charge in [0.2, 0.25) is 0 Å². The van der Waals surface area contributed by atoms with Crippen LogP contribution in [0.2, 0.25) is 15.1 Å². The summed E-state index contributed by atoms with van der Waals surface area (Å²) in [5.74, 6) is 0.873. The molecule has 1 heterocycles. The number of nitrogens with one attached hydrogen (secondary N) is 1. The zero-order valence-corrected chi connectivity index (χ0v) is 20.9. The Kier molecular flexibility index (Phi) is 7.60. The van der Waals surface area contributed by atoms with Crippen LogP contribution in [0.25, 0.3) is 0 Å². The second-order valence-electron chi connectivity index (χ2n) is 7.15. The zero-order valence-electron chi connectivity index (χ0n) is 17.1. The lowest BCUT2D eigenvalue weighted by molar-refractivity contribution is 0.102. The van der Waals surface area contributed by atoms with E-state index in [0.29, 0.717) is 44.1 Å². The van der Waals surface area contributed by atoms with Crippen molar-refractivity contribution in [3.63, 3.8) is 0 Å². The third-order valence-electron chi connectivity index (χ3n) is 4.73. The molecule has 0 saturated heterocycles. The Hall–Kier alpha value is -2.51. The molecule has 0 saturated carbocycles. The first-order valence-electron chi connectivity index (χ1n) is 9.83. The maximum atomic E-state index is 12.7. The quantitative estimate of drug-likeness (QED) is 0.253. The maximum Gasteiger partial charge on any atom is 0.256 e. The molecule has 1 amide bonds. The van der Waals surface area contributed by atoms with Crippen LogP contribution in [0.15, 0.2) is 77.4 Å². The Morgan fingerprint density at radius 1 is 0.970 bits per heavy atom. The standard InChI is InChI=1S/C24H17BrCl3N3O2/c25-21-13-31(12-17-5-6-19(27)11-22(17)28)30-23(21)29-24(32)16-3-1-15(2-4-16)14-33-20-9-7-18(26)8-10-20/h1-11,13H,12,14H2,(H,29,30,32). The molecular formula is C24H17BrCl3N3O2. The SMILES string of the molecule is O=C(Nc1nn(Cc2ccc(Cl)cc2Cl)cc1Br)c1ccc(COc2ccc(Cl)cc2)cc1. The van der Waals surface area contributed by atoms with E-state index in [4.69, 9.17) is 39.5 Å². The molecule has 3 aromatic carbocycles. The van der Waals surface area contributed by atoms with Crippen molar-refractivity contribution >= 4 is 62.5 Å². The Morgan fingerprint density at radius 3 is 2.36 bits per heavy atom. The van der Waals surface area contributed by atoms with Gasteiger partial charge in [-0.3, -0.25) is 9.48 Å². The number of carbonyl (C=O) groups is 1. The number of hydrogen-bond acceptors (Lipinski definition) is 3. The summed E-state index contributed by atoms with van der Waals surface area (Å²) >= 11 is 21.5. The average molecular weight is 566 g/mol. The molecule has 5 nitrogen and oxygen atoms in total. The van der Waals surface area contributed by atoms with Gasteiger partial charge in [0, 0.05) is 26.8 Å². The van der Waals surface area contributed by atoms with Crippen LogP contribution in [-0.2, 0) is 13.2 Å². The van der Waals surface area contributed by atoms with Gasteiger partial charge in [0.15, 0.2) is 5.82 Å². The van der Waals surface area contributed by atoms with Crippen LogP contribution >= 0.6 is 50.7 Å².